The number of anilines is 2. The summed E-state index contributed by atoms with van der Waals surface area (Å²) in [6, 6.07) is 9.12. The number of nitrogens with one attached hydrogen (secondary N) is 1. The molecule has 5 nitrogen and oxygen atoms in total. The second-order valence-electron chi connectivity index (χ2n) is 3.57. The minimum atomic E-state index is -0.357. The fraction of sp³-hybridized carbons (Fsp3) is 0. The average Bonchev–Trinajstić information content (AvgIpc) is 2.33. The fourth-order valence-corrected chi connectivity index (χ4v) is 1.37. The van der Waals surface area contributed by atoms with Gasteiger partial charge in [-0.3, -0.25) is 9.78 Å². The molecular weight excluding hydrogens is 215 g/mol. The smallest absolute Gasteiger partial charge is 0.278 e. The zero-order valence-electron chi connectivity index (χ0n) is 9.34. The summed E-state index contributed by atoms with van der Waals surface area (Å²) in [4.78, 5) is 19.9. The molecule has 1 aromatic heterocycles. The molecule has 0 radical (unpaired) electrons. The Kier molecular flexibility index (Phi) is 3.04. The summed E-state index contributed by atoms with van der Waals surface area (Å²) in [6.07, 6.45) is 1.52. The maximum Gasteiger partial charge on any atom is 0.278 e. The number of rotatable bonds is 2. The van der Waals surface area contributed by atoms with Gasteiger partial charge in [0.2, 0.25) is 0 Å². The van der Waals surface area contributed by atoms with Crippen molar-refractivity contribution in [3.05, 3.63) is 42.2 Å². The van der Waals surface area contributed by atoms with Crippen LogP contribution in [-0.4, -0.2) is 23.7 Å². The van der Waals surface area contributed by atoms with Gasteiger partial charge in [-0.25, -0.2) is 4.98 Å². The lowest BCUT2D eigenvalue weighted by molar-refractivity contribution is 0.102. The molecule has 0 fully saturated rings. The highest BCUT2D eigenvalue weighted by molar-refractivity contribution is 6.30. The molecule has 84 valence electrons. The van der Waals surface area contributed by atoms with Gasteiger partial charge in [0, 0.05) is 17.5 Å². The summed E-state index contributed by atoms with van der Waals surface area (Å²) in [6.45, 7) is 0. The highest BCUT2D eigenvalue weighted by Gasteiger charge is 2.12. The van der Waals surface area contributed by atoms with Crippen LogP contribution in [0.25, 0.3) is 0 Å². The normalized spacial score (nSPS) is 9.88. The lowest BCUT2D eigenvalue weighted by Crippen LogP contribution is -2.22. The van der Waals surface area contributed by atoms with E-state index in [1.807, 2.05) is 18.2 Å². The molecule has 1 amide bonds. The van der Waals surface area contributed by atoms with Gasteiger partial charge in [-0.15, -0.1) is 0 Å². The van der Waals surface area contributed by atoms with E-state index in [9.17, 15) is 4.79 Å². The predicted molar refractivity (Wildman–Crippen MR) is 69.0 cm³/mol. The highest BCUT2D eigenvalue weighted by atomic mass is 16.1. The van der Waals surface area contributed by atoms with Crippen molar-refractivity contribution in [3.8, 4) is 0 Å². The fourth-order valence-electron chi connectivity index (χ4n) is 1.37. The first-order chi connectivity index (χ1) is 8.16. The number of nitrogens with two attached hydrogens (primary N) is 1. The number of hydrogen-bond acceptors (Lipinski definition) is 4. The topological polar surface area (TPSA) is 80.9 Å². The van der Waals surface area contributed by atoms with Crippen LogP contribution in [0.4, 0.5) is 11.5 Å². The summed E-state index contributed by atoms with van der Waals surface area (Å²) in [5.41, 5.74) is 7.10. The summed E-state index contributed by atoms with van der Waals surface area (Å²) in [7, 11) is 1.76. The van der Waals surface area contributed by atoms with Crippen LogP contribution in [0.2, 0.25) is 0 Å². The molecule has 6 heteroatoms. The van der Waals surface area contributed by atoms with Crippen LogP contribution in [0, 0.1) is 0 Å². The molecule has 0 spiro atoms. The number of aromatic nitrogens is 2. The van der Waals surface area contributed by atoms with Gasteiger partial charge in [-0.05, 0) is 12.1 Å². The number of nitrogen functional groups attached to an aromatic ring is 1. The zero-order valence-corrected chi connectivity index (χ0v) is 9.34. The van der Waals surface area contributed by atoms with Crippen molar-refractivity contribution in [2.24, 2.45) is 0 Å². The van der Waals surface area contributed by atoms with Crippen LogP contribution in [0.5, 0.6) is 0 Å². The number of carbonyl (C=O) groups excluding carboxylic acids is 1. The Hall–Kier alpha value is -2.37. The molecule has 0 aliphatic rings. The van der Waals surface area contributed by atoms with Gasteiger partial charge in [-0.1, -0.05) is 18.2 Å². The van der Waals surface area contributed by atoms with Gasteiger partial charge < -0.3 is 11.1 Å². The monoisotopic (exact) mass is 226 g/mol. The van der Waals surface area contributed by atoms with E-state index < -0.39 is 0 Å². The lowest BCUT2D eigenvalue weighted by Gasteiger charge is -2.06. The van der Waals surface area contributed by atoms with Crippen molar-refractivity contribution in [2.75, 3.05) is 11.1 Å². The molecular formula is C11H11BN4O. The predicted octanol–water partition coefficient (Wildman–Crippen LogP) is -0.431. The molecule has 0 saturated heterocycles. The van der Waals surface area contributed by atoms with Gasteiger partial charge in [0.25, 0.3) is 5.91 Å². The van der Waals surface area contributed by atoms with Crippen molar-refractivity contribution in [2.45, 2.75) is 0 Å². The molecule has 0 aliphatic carbocycles. The Bertz CT molecular complexity index is 544. The number of nitrogens with zero attached hydrogens (tertiary/aromatic N) is 2. The van der Waals surface area contributed by atoms with E-state index in [1.54, 1.807) is 20.0 Å². The second kappa shape index (κ2) is 4.65. The van der Waals surface area contributed by atoms with Crippen molar-refractivity contribution in [1.29, 1.82) is 0 Å². The van der Waals surface area contributed by atoms with Crippen molar-refractivity contribution in [1.82, 2.24) is 9.97 Å². The first kappa shape index (κ1) is 11.1. The molecule has 0 aliphatic heterocycles. The summed E-state index contributed by atoms with van der Waals surface area (Å²) in [5, 5.41) is 2.70. The van der Waals surface area contributed by atoms with Gasteiger partial charge in [0.15, 0.2) is 19.4 Å². The summed E-state index contributed by atoms with van der Waals surface area (Å²) < 4.78 is 0. The number of hydrogen-bond donors (Lipinski definition) is 2. The van der Waals surface area contributed by atoms with Gasteiger partial charge >= 0.3 is 0 Å². The number of amides is 1. The third-order valence-corrected chi connectivity index (χ3v) is 2.17. The number of para-hydroxylation sites is 1. The third-order valence-electron chi connectivity index (χ3n) is 2.17. The lowest BCUT2D eigenvalue weighted by atomic mass is 10.1. The molecule has 2 rings (SSSR count). The van der Waals surface area contributed by atoms with Gasteiger partial charge in [0.1, 0.15) is 0 Å². The Morgan fingerprint density at radius 3 is 2.71 bits per heavy atom. The molecule has 1 heterocycles. The SMILES string of the molecule is Bc1cnc(N)c(C(=O)Nc2ccccc2)n1. The molecule has 2 aromatic rings. The van der Waals surface area contributed by atoms with E-state index >= 15 is 0 Å². The Labute approximate surface area is 99.5 Å². The molecule has 1 aromatic carbocycles. The van der Waals surface area contributed by atoms with Crippen LogP contribution in [0.15, 0.2) is 36.5 Å². The van der Waals surface area contributed by atoms with Crippen LogP contribution >= 0.6 is 0 Å². The summed E-state index contributed by atoms with van der Waals surface area (Å²) >= 11 is 0. The van der Waals surface area contributed by atoms with E-state index in [1.165, 1.54) is 6.20 Å². The van der Waals surface area contributed by atoms with E-state index in [0.717, 1.165) is 0 Å². The van der Waals surface area contributed by atoms with E-state index in [-0.39, 0.29) is 17.4 Å². The number of carbonyl (C=O) groups is 1. The number of benzene rings is 1. The molecule has 17 heavy (non-hydrogen) atoms. The van der Waals surface area contributed by atoms with Crippen LogP contribution in [0.1, 0.15) is 10.5 Å². The molecule has 0 atom stereocenters. The largest absolute Gasteiger partial charge is 0.382 e. The maximum absolute atomic E-state index is 11.9. The average molecular weight is 226 g/mol. The Morgan fingerprint density at radius 2 is 2.00 bits per heavy atom. The molecule has 0 unspecified atom stereocenters. The summed E-state index contributed by atoms with van der Waals surface area (Å²) in [5.74, 6) is -0.228. The highest BCUT2D eigenvalue weighted by Crippen LogP contribution is 2.09. The van der Waals surface area contributed by atoms with Crippen molar-refractivity contribution in [3.63, 3.8) is 0 Å². The first-order valence-corrected chi connectivity index (χ1v) is 5.12. The van der Waals surface area contributed by atoms with Crippen molar-refractivity contribution < 1.29 is 4.79 Å². The Morgan fingerprint density at radius 1 is 1.29 bits per heavy atom. The maximum atomic E-state index is 11.9. The quantitative estimate of drug-likeness (QED) is 0.681. The standard InChI is InChI=1S/C11H11BN4O/c12-8-6-14-10(13)9(16-8)11(17)15-7-4-2-1-3-5-7/h1-6H,12H2,(H2,13,14)(H,15,17). The van der Waals surface area contributed by atoms with Gasteiger partial charge in [-0.2, -0.15) is 0 Å². The molecule has 0 saturated carbocycles. The van der Waals surface area contributed by atoms with Crippen LogP contribution < -0.4 is 16.6 Å². The first-order valence-electron chi connectivity index (χ1n) is 5.12. The third kappa shape index (κ3) is 2.60. The van der Waals surface area contributed by atoms with Gasteiger partial charge in [0.05, 0.1) is 0 Å². The van der Waals surface area contributed by atoms with E-state index in [0.29, 0.717) is 11.3 Å². The van der Waals surface area contributed by atoms with Crippen molar-refractivity contribution >= 4 is 30.9 Å². The second-order valence-corrected chi connectivity index (χ2v) is 3.57. The van der Waals surface area contributed by atoms with Crippen LogP contribution in [0.3, 0.4) is 0 Å². The van der Waals surface area contributed by atoms with Crippen LogP contribution in [-0.2, 0) is 0 Å². The van der Waals surface area contributed by atoms with E-state index in [4.69, 9.17) is 5.73 Å². The molecule has 3 N–H and O–H groups in total. The minimum absolute atomic E-state index is 0.129. The van der Waals surface area contributed by atoms with E-state index in [2.05, 4.69) is 15.3 Å². The minimum Gasteiger partial charge on any atom is -0.382 e. The molecule has 0 bridgehead atoms. The Balaban J connectivity index is 2.23. The zero-order chi connectivity index (χ0) is 12.3.